The Labute approximate surface area is 123 Å². The number of nitrogens with two attached hydrogens (primary N) is 1. The van der Waals surface area contributed by atoms with E-state index in [4.69, 9.17) is 15.2 Å². The summed E-state index contributed by atoms with van der Waals surface area (Å²) in [7, 11) is 3.34. The number of benzene rings is 1. The van der Waals surface area contributed by atoms with Crippen LogP contribution >= 0.6 is 15.9 Å². The van der Waals surface area contributed by atoms with E-state index in [1.807, 2.05) is 0 Å². The molecule has 3 nitrogen and oxygen atoms in total. The van der Waals surface area contributed by atoms with Gasteiger partial charge in [-0.2, -0.15) is 0 Å². The zero-order valence-electron chi connectivity index (χ0n) is 12.0. The number of hydrogen-bond acceptors (Lipinski definition) is 3. The third-order valence-electron chi connectivity index (χ3n) is 4.04. The lowest BCUT2D eigenvalue weighted by molar-refractivity contribution is 0.351. The summed E-state index contributed by atoms with van der Waals surface area (Å²) in [4.78, 5) is 0. The van der Waals surface area contributed by atoms with Crippen molar-refractivity contribution in [1.29, 1.82) is 0 Å². The molecule has 106 valence electrons. The molecule has 0 bridgehead atoms. The van der Waals surface area contributed by atoms with E-state index in [0.717, 1.165) is 28.8 Å². The third-order valence-corrected chi connectivity index (χ3v) is 4.83. The minimum Gasteiger partial charge on any atom is -0.493 e. The van der Waals surface area contributed by atoms with Gasteiger partial charge >= 0.3 is 0 Å². The maximum atomic E-state index is 5.99. The third kappa shape index (κ3) is 2.36. The van der Waals surface area contributed by atoms with Gasteiger partial charge in [-0.05, 0) is 51.9 Å². The Morgan fingerprint density at radius 3 is 2.32 bits per heavy atom. The second-order valence-electron chi connectivity index (χ2n) is 5.53. The molecule has 0 atom stereocenters. The Morgan fingerprint density at radius 2 is 1.95 bits per heavy atom. The fraction of sp³-hybridized carbons (Fsp3) is 0.600. The molecule has 0 amide bonds. The van der Waals surface area contributed by atoms with E-state index in [1.165, 1.54) is 11.1 Å². The maximum Gasteiger partial charge on any atom is 0.175 e. The Kier molecular flexibility index (Phi) is 4.11. The maximum absolute atomic E-state index is 5.99. The van der Waals surface area contributed by atoms with Crippen LogP contribution in [0.4, 0.5) is 0 Å². The van der Waals surface area contributed by atoms with Crippen molar-refractivity contribution in [3.05, 3.63) is 21.7 Å². The molecular formula is C15H22BrNO2. The van der Waals surface area contributed by atoms with E-state index >= 15 is 0 Å². The standard InChI is InChI=1S/C15H22BrNO2/c1-9(2)12-10(15(8-17)5-6-15)7-11(18-3)14(19-4)13(12)16/h7,9H,5-6,8,17H2,1-4H3. The van der Waals surface area contributed by atoms with Crippen molar-refractivity contribution in [1.82, 2.24) is 0 Å². The molecule has 19 heavy (non-hydrogen) atoms. The van der Waals surface area contributed by atoms with Gasteiger partial charge in [-0.1, -0.05) is 13.8 Å². The zero-order valence-corrected chi connectivity index (χ0v) is 13.6. The van der Waals surface area contributed by atoms with Gasteiger partial charge in [-0.25, -0.2) is 0 Å². The lowest BCUT2D eigenvalue weighted by Crippen LogP contribution is -2.22. The predicted molar refractivity (Wildman–Crippen MR) is 81.3 cm³/mol. The molecule has 1 aliphatic carbocycles. The average molecular weight is 328 g/mol. The molecule has 1 aliphatic rings. The Bertz CT molecular complexity index is 482. The van der Waals surface area contributed by atoms with Crippen molar-refractivity contribution in [2.75, 3.05) is 20.8 Å². The summed E-state index contributed by atoms with van der Waals surface area (Å²) in [6.45, 7) is 5.08. The molecule has 0 saturated heterocycles. The van der Waals surface area contributed by atoms with Gasteiger partial charge in [0.05, 0.1) is 18.7 Å². The topological polar surface area (TPSA) is 44.5 Å². The summed E-state index contributed by atoms with van der Waals surface area (Å²) in [6, 6.07) is 2.11. The second-order valence-corrected chi connectivity index (χ2v) is 6.32. The van der Waals surface area contributed by atoms with Crippen LogP contribution in [0.25, 0.3) is 0 Å². The van der Waals surface area contributed by atoms with Gasteiger partial charge in [0, 0.05) is 12.0 Å². The largest absolute Gasteiger partial charge is 0.493 e. The number of ether oxygens (including phenoxy) is 2. The first kappa shape index (κ1) is 14.7. The van der Waals surface area contributed by atoms with Crippen molar-refractivity contribution in [3.63, 3.8) is 0 Å². The molecule has 0 unspecified atom stereocenters. The molecule has 1 fully saturated rings. The van der Waals surface area contributed by atoms with Gasteiger partial charge < -0.3 is 15.2 Å². The fourth-order valence-corrected chi connectivity index (χ4v) is 3.73. The van der Waals surface area contributed by atoms with Crippen LogP contribution in [-0.2, 0) is 5.41 Å². The molecule has 0 heterocycles. The normalized spacial score (nSPS) is 16.6. The highest BCUT2D eigenvalue weighted by Crippen LogP contribution is 2.54. The van der Waals surface area contributed by atoms with E-state index < -0.39 is 0 Å². The van der Waals surface area contributed by atoms with Gasteiger partial charge in [-0.3, -0.25) is 0 Å². The van der Waals surface area contributed by atoms with E-state index in [1.54, 1.807) is 14.2 Å². The van der Waals surface area contributed by atoms with Crippen molar-refractivity contribution in [2.24, 2.45) is 5.73 Å². The van der Waals surface area contributed by atoms with E-state index in [2.05, 4.69) is 35.8 Å². The SMILES string of the molecule is COc1cc(C2(CN)CC2)c(C(C)C)c(Br)c1OC. The summed E-state index contributed by atoms with van der Waals surface area (Å²) in [5, 5.41) is 0. The Hall–Kier alpha value is -0.740. The molecule has 0 aliphatic heterocycles. The van der Waals surface area contributed by atoms with Crippen LogP contribution in [0.3, 0.4) is 0 Å². The average Bonchev–Trinajstić information content (AvgIpc) is 3.17. The molecule has 0 radical (unpaired) electrons. The van der Waals surface area contributed by atoms with Crippen LogP contribution in [-0.4, -0.2) is 20.8 Å². The molecule has 0 spiro atoms. The lowest BCUT2D eigenvalue weighted by Gasteiger charge is -2.24. The quantitative estimate of drug-likeness (QED) is 0.898. The van der Waals surface area contributed by atoms with Gasteiger partial charge in [-0.15, -0.1) is 0 Å². The van der Waals surface area contributed by atoms with Gasteiger partial charge in [0.15, 0.2) is 11.5 Å². The van der Waals surface area contributed by atoms with Gasteiger partial charge in [0.1, 0.15) is 0 Å². The number of methoxy groups -OCH3 is 2. The summed E-state index contributed by atoms with van der Waals surface area (Å²) in [6.07, 6.45) is 2.32. The van der Waals surface area contributed by atoms with Crippen LogP contribution in [0.5, 0.6) is 11.5 Å². The Morgan fingerprint density at radius 1 is 1.32 bits per heavy atom. The van der Waals surface area contributed by atoms with Gasteiger partial charge in [0.2, 0.25) is 0 Å². The van der Waals surface area contributed by atoms with Crippen LogP contribution in [0, 0.1) is 0 Å². The highest BCUT2D eigenvalue weighted by atomic mass is 79.9. The molecule has 1 aromatic carbocycles. The van der Waals surface area contributed by atoms with Crippen LogP contribution in [0.1, 0.15) is 43.7 Å². The molecule has 2 rings (SSSR count). The van der Waals surface area contributed by atoms with Crippen molar-refractivity contribution < 1.29 is 9.47 Å². The summed E-state index contributed by atoms with van der Waals surface area (Å²) < 4.78 is 11.9. The number of hydrogen-bond donors (Lipinski definition) is 1. The van der Waals surface area contributed by atoms with Gasteiger partial charge in [0.25, 0.3) is 0 Å². The Balaban J connectivity index is 2.68. The van der Waals surface area contributed by atoms with Crippen molar-refractivity contribution in [3.8, 4) is 11.5 Å². The predicted octanol–water partition coefficient (Wildman–Crippen LogP) is 3.58. The summed E-state index contributed by atoms with van der Waals surface area (Å²) in [5.74, 6) is 1.95. The second kappa shape index (κ2) is 5.33. The summed E-state index contributed by atoms with van der Waals surface area (Å²) in [5.41, 5.74) is 8.74. The minimum absolute atomic E-state index is 0.141. The summed E-state index contributed by atoms with van der Waals surface area (Å²) >= 11 is 3.69. The van der Waals surface area contributed by atoms with E-state index in [9.17, 15) is 0 Å². The van der Waals surface area contributed by atoms with E-state index in [-0.39, 0.29) is 5.41 Å². The molecule has 2 N–H and O–H groups in total. The minimum atomic E-state index is 0.141. The first-order valence-electron chi connectivity index (χ1n) is 6.65. The molecular weight excluding hydrogens is 306 g/mol. The van der Waals surface area contributed by atoms with Crippen LogP contribution < -0.4 is 15.2 Å². The monoisotopic (exact) mass is 327 g/mol. The van der Waals surface area contributed by atoms with Crippen molar-refractivity contribution >= 4 is 15.9 Å². The lowest BCUT2D eigenvalue weighted by atomic mass is 9.86. The van der Waals surface area contributed by atoms with Crippen molar-refractivity contribution in [2.45, 2.75) is 38.0 Å². The van der Waals surface area contributed by atoms with E-state index in [0.29, 0.717) is 12.5 Å². The molecule has 1 aromatic rings. The van der Waals surface area contributed by atoms with Crippen LogP contribution in [0.2, 0.25) is 0 Å². The fourth-order valence-electron chi connectivity index (χ4n) is 2.70. The molecule has 1 saturated carbocycles. The highest BCUT2D eigenvalue weighted by molar-refractivity contribution is 9.10. The number of rotatable bonds is 5. The highest BCUT2D eigenvalue weighted by Gasteiger charge is 2.45. The molecule has 0 aromatic heterocycles. The molecule has 4 heteroatoms. The number of halogens is 1. The zero-order chi connectivity index (χ0) is 14.2. The smallest absolute Gasteiger partial charge is 0.175 e. The van der Waals surface area contributed by atoms with Crippen LogP contribution in [0.15, 0.2) is 10.5 Å². The first-order valence-corrected chi connectivity index (χ1v) is 7.45. The first-order chi connectivity index (χ1) is 9.00.